The average molecular weight is 215 g/mol. The van der Waals surface area contributed by atoms with Crippen LogP contribution in [0.25, 0.3) is 0 Å². The third-order valence-electron chi connectivity index (χ3n) is 4.53. The van der Waals surface area contributed by atoms with Gasteiger partial charge in [-0.05, 0) is 48.1 Å². The molecule has 1 heteroatoms. The largest absolute Gasteiger partial charge is 0.324 e. The minimum absolute atomic E-state index is 0.284. The topological polar surface area (TPSA) is 26.0 Å². The van der Waals surface area contributed by atoms with Gasteiger partial charge in [0.2, 0.25) is 0 Å². The number of rotatable bonds is 3. The molecule has 1 nitrogen and oxygen atoms in total. The lowest BCUT2D eigenvalue weighted by Gasteiger charge is -2.29. The number of hydrogen-bond acceptors (Lipinski definition) is 1. The van der Waals surface area contributed by atoms with Crippen LogP contribution in [0.4, 0.5) is 0 Å². The summed E-state index contributed by atoms with van der Waals surface area (Å²) in [4.78, 5) is 0. The van der Waals surface area contributed by atoms with Gasteiger partial charge in [0.05, 0.1) is 0 Å². The van der Waals surface area contributed by atoms with Gasteiger partial charge in [-0.15, -0.1) is 0 Å². The first-order valence-corrected chi connectivity index (χ1v) is 6.62. The summed E-state index contributed by atoms with van der Waals surface area (Å²) in [6.07, 6.45) is 5.45. The summed E-state index contributed by atoms with van der Waals surface area (Å²) in [6, 6.07) is 9.15. The van der Waals surface area contributed by atoms with E-state index in [1.54, 1.807) is 5.56 Å². The van der Waals surface area contributed by atoms with Crippen LogP contribution in [0.2, 0.25) is 0 Å². The molecule has 2 aliphatic rings. The molecule has 0 aliphatic heterocycles. The highest BCUT2D eigenvalue weighted by Gasteiger charge is 2.39. The molecule has 2 saturated carbocycles. The summed E-state index contributed by atoms with van der Waals surface area (Å²) in [5.41, 5.74) is 9.38. The molecule has 2 fully saturated rings. The predicted octanol–water partition coefficient (Wildman–Crippen LogP) is 3.61. The van der Waals surface area contributed by atoms with Gasteiger partial charge in [0.25, 0.3) is 0 Å². The van der Waals surface area contributed by atoms with E-state index in [-0.39, 0.29) is 6.04 Å². The summed E-state index contributed by atoms with van der Waals surface area (Å²) in [5.74, 6) is 2.38. The van der Waals surface area contributed by atoms with Crippen molar-refractivity contribution in [3.63, 3.8) is 0 Å². The van der Waals surface area contributed by atoms with E-state index in [4.69, 9.17) is 5.73 Å². The van der Waals surface area contributed by atoms with Crippen LogP contribution in [-0.2, 0) is 0 Å². The molecule has 1 aromatic carbocycles. The van der Waals surface area contributed by atoms with Gasteiger partial charge >= 0.3 is 0 Å². The Kier molecular flexibility index (Phi) is 2.51. The van der Waals surface area contributed by atoms with Gasteiger partial charge < -0.3 is 5.73 Å². The molecule has 0 saturated heterocycles. The van der Waals surface area contributed by atoms with Crippen molar-refractivity contribution in [1.29, 1.82) is 0 Å². The average Bonchev–Trinajstić information content (AvgIpc) is 2.93. The van der Waals surface area contributed by atoms with Crippen LogP contribution >= 0.6 is 0 Å². The van der Waals surface area contributed by atoms with Crippen molar-refractivity contribution in [3.8, 4) is 0 Å². The van der Waals surface area contributed by atoms with E-state index in [2.05, 4.69) is 31.2 Å². The highest BCUT2D eigenvalue weighted by molar-refractivity contribution is 5.35. The molecule has 0 aromatic heterocycles. The second-order valence-corrected chi connectivity index (χ2v) is 5.66. The van der Waals surface area contributed by atoms with Crippen LogP contribution in [0.15, 0.2) is 24.3 Å². The minimum Gasteiger partial charge on any atom is -0.324 e. The first-order chi connectivity index (χ1) is 7.77. The van der Waals surface area contributed by atoms with Gasteiger partial charge in [-0.1, -0.05) is 37.6 Å². The summed E-state index contributed by atoms with van der Waals surface area (Å²) in [5, 5.41) is 0. The lowest BCUT2D eigenvalue weighted by molar-refractivity contribution is 0.413. The maximum Gasteiger partial charge on any atom is 0.0329 e. The van der Waals surface area contributed by atoms with Crippen LogP contribution in [0.5, 0.6) is 0 Å². The fourth-order valence-electron chi connectivity index (χ4n) is 2.99. The molecule has 0 spiro atoms. The van der Waals surface area contributed by atoms with Crippen molar-refractivity contribution in [2.75, 3.05) is 0 Å². The molecular weight excluding hydrogens is 194 g/mol. The van der Waals surface area contributed by atoms with Crippen LogP contribution < -0.4 is 5.73 Å². The molecule has 1 aromatic rings. The minimum atomic E-state index is 0.284. The maximum absolute atomic E-state index is 6.41. The zero-order chi connectivity index (χ0) is 11.1. The molecule has 16 heavy (non-hydrogen) atoms. The first kappa shape index (κ1) is 10.3. The third-order valence-corrected chi connectivity index (χ3v) is 4.53. The first-order valence-electron chi connectivity index (χ1n) is 6.62. The Morgan fingerprint density at radius 2 is 1.94 bits per heavy atom. The standard InChI is InChI=1S/C15H21N/c1-10-9-14(10)15(16)13-8-3-2-7-12(13)11-5-4-6-11/h2-3,7-8,10-11,14-15H,4-6,9,16H2,1H3. The quantitative estimate of drug-likeness (QED) is 0.819. The molecule has 0 bridgehead atoms. The van der Waals surface area contributed by atoms with Gasteiger partial charge in [-0.25, -0.2) is 0 Å². The lowest BCUT2D eigenvalue weighted by atomic mass is 9.77. The monoisotopic (exact) mass is 215 g/mol. The smallest absolute Gasteiger partial charge is 0.0329 e. The number of hydrogen-bond donors (Lipinski definition) is 1. The second kappa shape index (κ2) is 3.89. The van der Waals surface area contributed by atoms with Gasteiger partial charge in [0, 0.05) is 6.04 Å². The third kappa shape index (κ3) is 1.67. The van der Waals surface area contributed by atoms with E-state index in [9.17, 15) is 0 Å². The van der Waals surface area contributed by atoms with Crippen molar-refractivity contribution in [3.05, 3.63) is 35.4 Å². The zero-order valence-electron chi connectivity index (χ0n) is 10.0. The van der Waals surface area contributed by atoms with Crippen LogP contribution in [0.3, 0.4) is 0 Å². The molecule has 3 unspecified atom stereocenters. The molecule has 0 heterocycles. The Bertz CT molecular complexity index is 381. The molecule has 0 amide bonds. The van der Waals surface area contributed by atoms with Gasteiger partial charge in [0.15, 0.2) is 0 Å². The van der Waals surface area contributed by atoms with Crippen molar-refractivity contribution in [1.82, 2.24) is 0 Å². The Balaban J connectivity index is 1.87. The number of nitrogens with two attached hydrogens (primary N) is 1. The molecule has 0 radical (unpaired) electrons. The summed E-state index contributed by atoms with van der Waals surface area (Å²) in [6.45, 7) is 2.32. The fraction of sp³-hybridized carbons (Fsp3) is 0.600. The van der Waals surface area contributed by atoms with Crippen molar-refractivity contribution < 1.29 is 0 Å². The SMILES string of the molecule is CC1CC1C(N)c1ccccc1C1CCC1. The van der Waals surface area contributed by atoms with Crippen LogP contribution in [0, 0.1) is 11.8 Å². The van der Waals surface area contributed by atoms with Gasteiger partial charge in [0.1, 0.15) is 0 Å². The van der Waals surface area contributed by atoms with Gasteiger partial charge in [-0.2, -0.15) is 0 Å². The lowest BCUT2D eigenvalue weighted by Crippen LogP contribution is -2.19. The number of benzene rings is 1. The second-order valence-electron chi connectivity index (χ2n) is 5.66. The fourth-order valence-corrected chi connectivity index (χ4v) is 2.99. The highest BCUT2D eigenvalue weighted by Crippen LogP contribution is 2.48. The maximum atomic E-state index is 6.41. The Labute approximate surface area is 98.0 Å². The Hall–Kier alpha value is -0.820. The highest BCUT2D eigenvalue weighted by atomic mass is 14.7. The molecular formula is C15H21N. The summed E-state index contributed by atoms with van der Waals surface area (Å²) < 4.78 is 0. The molecule has 2 aliphatic carbocycles. The van der Waals surface area contributed by atoms with E-state index in [1.165, 1.54) is 31.2 Å². The predicted molar refractivity (Wildman–Crippen MR) is 67.2 cm³/mol. The van der Waals surface area contributed by atoms with E-state index >= 15 is 0 Å². The normalized spacial score (nSPS) is 30.9. The summed E-state index contributed by atoms with van der Waals surface area (Å²) in [7, 11) is 0. The van der Waals surface area contributed by atoms with Crippen molar-refractivity contribution in [2.45, 2.75) is 44.6 Å². The zero-order valence-corrected chi connectivity index (χ0v) is 10.0. The molecule has 3 atom stereocenters. The molecule has 2 N–H and O–H groups in total. The Morgan fingerprint density at radius 1 is 1.25 bits per heavy atom. The molecule has 3 rings (SSSR count). The van der Waals surface area contributed by atoms with E-state index in [1.807, 2.05) is 0 Å². The van der Waals surface area contributed by atoms with Crippen molar-refractivity contribution in [2.24, 2.45) is 17.6 Å². The van der Waals surface area contributed by atoms with E-state index in [0.29, 0.717) is 0 Å². The van der Waals surface area contributed by atoms with E-state index < -0.39 is 0 Å². The Morgan fingerprint density at radius 3 is 2.50 bits per heavy atom. The van der Waals surface area contributed by atoms with E-state index in [0.717, 1.165) is 17.8 Å². The van der Waals surface area contributed by atoms with Gasteiger partial charge in [-0.3, -0.25) is 0 Å². The van der Waals surface area contributed by atoms with Crippen LogP contribution in [0.1, 0.15) is 55.7 Å². The van der Waals surface area contributed by atoms with Crippen molar-refractivity contribution >= 4 is 0 Å². The summed E-state index contributed by atoms with van der Waals surface area (Å²) >= 11 is 0. The molecule has 86 valence electrons. The van der Waals surface area contributed by atoms with Crippen LogP contribution in [-0.4, -0.2) is 0 Å².